The lowest BCUT2D eigenvalue weighted by Gasteiger charge is -1.88. The second kappa shape index (κ2) is 4.72. The summed E-state index contributed by atoms with van der Waals surface area (Å²) in [4.78, 5) is 8.94. The molecule has 3 aromatic rings. The quantitative estimate of drug-likeness (QED) is 0.801. The molecule has 2 N–H and O–H groups in total. The number of nitrogens with two attached hydrogens (primary N) is 1. The average Bonchev–Trinajstić information content (AvgIpc) is 2.94. The molecule has 0 saturated heterocycles. The van der Waals surface area contributed by atoms with Crippen LogP contribution in [-0.4, -0.2) is 16.5 Å². The Morgan fingerprint density at radius 1 is 1.28 bits per heavy atom. The van der Waals surface area contributed by atoms with E-state index < -0.39 is 0 Å². The Morgan fingerprint density at radius 2 is 2.17 bits per heavy atom. The van der Waals surface area contributed by atoms with Gasteiger partial charge in [0, 0.05) is 11.8 Å². The monoisotopic (exact) mass is 279 g/mol. The number of halogens is 1. The van der Waals surface area contributed by atoms with E-state index in [1.807, 2.05) is 5.38 Å². The molecule has 3 nitrogen and oxygen atoms in total. The topological polar surface area (TPSA) is 51.8 Å². The van der Waals surface area contributed by atoms with Crippen LogP contribution in [0.1, 0.15) is 5.01 Å². The molecule has 0 aliphatic carbocycles. The minimum absolute atomic E-state index is 0.236. The molecule has 0 bridgehead atoms. The van der Waals surface area contributed by atoms with Gasteiger partial charge in [-0.15, -0.1) is 22.7 Å². The lowest BCUT2D eigenvalue weighted by Crippen LogP contribution is -2.01. The standard InChI is InChI=1S/C12H10FN3S2/c13-7-1-2-8-10(5-7)18-12(16-8)9-6-17-11(15-9)3-4-14/h1-2,5-6H,3-4,14H2. The zero-order chi connectivity index (χ0) is 12.5. The molecule has 0 amide bonds. The van der Waals surface area contributed by atoms with Gasteiger partial charge in [0.25, 0.3) is 0 Å². The van der Waals surface area contributed by atoms with Crippen LogP contribution in [0.3, 0.4) is 0 Å². The number of hydrogen-bond acceptors (Lipinski definition) is 5. The maximum atomic E-state index is 13.1. The van der Waals surface area contributed by atoms with Gasteiger partial charge in [0.05, 0.1) is 15.2 Å². The number of thiazole rings is 2. The van der Waals surface area contributed by atoms with Crippen molar-refractivity contribution >= 4 is 32.9 Å². The Labute approximate surface area is 111 Å². The maximum absolute atomic E-state index is 13.1. The van der Waals surface area contributed by atoms with Crippen LogP contribution in [0.5, 0.6) is 0 Å². The lowest BCUT2D eigenvalue weighted by molar-refractivity contribution is 0.630. The molecule has 92 valence electrons. The summed E-state index contributed by atoms with van der Waals surface area (Å²) in [5, 5.41) is 3.81. The fraction of sp³-hybridized carbons (Fsp3) is 0.167. The van der Waals surface area contributed by atoms with Crippen LogP contribution < -0.4 is 5.73 Å². The highest BCUT2D eigenvalue weighted by atomic mass is 32.1. The van der Waals surface area contributed by atoms with Gasteiger partial charge >= 0.3 is 0 Å². The van der Waals surface area contributed by atoms with E-state index in [4.69, 9.17) is 5.73 Å². The minimum Gasteiger partial charge on any atom is -0.330 e. The molecule has 18 heavy (non-hydrogen) atoms. The summed E-state index contributed by atoms with van der Waals surface area (Å²) in [7, 11) is 0. The number of aromatic nitrogens is 2. The molecule has 0 spiro atoms. The van der Waals surface area contributed by atoms with Crippen molar-refractivity contribution in [3.05, 3.63) is 34.4 Å². The normalized spacial score (nSPS) is 11.2. The summed E-state index contributed by atoms with van der Waals surface area (Å²) in [5.74, 6) is -0.236. The highest BCUT2D eigenvalue weighted by Crippen LogP contribution is 2.31. The van der Waals surface area contributed by atoms with Crippen LogP contribution in [0, 0.1) is 5.82 Å². The molecule has 0 radical (unpaired) electrons. The fourth-order valence-electron chi connectivity index (χ4n) is 1.66. The molecule has 0 fully saturated rings. The molecule has 2 heterocycles. The van der Waals surface area contributed by atoms with E-state index in [0.717, 1.165) is 32.3 Å². The molecule has 0 aliphatic rings. The van der Waals surface area contributed by atoms with Crippen LogP contribution in [0.15, 0.2) is 23.6 Å². The summed E-state index contributed by atoms with van der Waals surface area (Å²) >= 11 is 3.04. The second-order valence-electron chi connectivity index (χ2n) is 3.80. The molecular formula is C12H10FN3S2. The van der Waals surface area contributed by atoms with Crippen molar-refractivity contribution < 1.29 is 4.39 Å². The molecule has 0 aliphatic heterocycles. The van der Waals surface area contributed by atoms with Gasteiger partial charge in [-0.05, 0) is 24.7 Å². The van der Waals surface area contributed by atoms with E-state index in [1.54, 1.807) is 17.4 Å². The second-order valence-corrected chi connectivity index (χ2v) is 5.77. The van der Waals surface area contributed by atoms with Crippen LogP contribution >= 0.6 is 22.7 Å². The van der Waals surface area contributed by atoms with Gasteiger partial charge < -0.3 is 5.73 Å². The molecule has 0 atom stereocenters. The van der Waals surface area contributed by atoms with Crippen LogP contribution in [0.2, 0.25) is 0 Å². The highest BCUT2D eigenvalue weighted by molar-refractivity contribution is 7.21. The lowest BCUT2D eigenvalue weighted by atomic mass is 10.3. The average molecular weight is 279 g/mol. The van der Waals surface area contributed by atoms with Gasteiger partial charge in [-0.25, -0.2) is 14.4 Å². The van der Waals surface area contributed by atoms with Crippen molar-refractivity contribution in [3.8, 4) is 10.7 Å². The van der Waals surface area contributed by atoms with Crippen LogP contribution in [0.25, 0.3) is 20.9 Å². The van der Waals surface area contributed by atoms with E-state index in [0.29, 0.717) is 6.54 Å². The SMILES string of the molecule is NCCc1nc(-c2nc3ccc(F)cc3s2)cs1. The minimum atomic E-state index is -0.236. The van der Waals surface area contributed by atoms with Crippen molar-refractivity contribution in [3.63, 3.8) is 0 Å². The molecule has 1 aromatic carbocycles. The Kier molecular flexibility index (Phi) is 3.07. The Hall–Kier alpha value is -1.37. The zero-order valence-corrected chi connectivity index (χ0v) is 11.0. The first kappa shape index (κ1) is 11.7. The van der Waals surface area contributed by atoms with Gasteiger partial charge in [-0.1, -0.05) is 0 Å². The van der Waals surface area contributed by atoms with Crippen LogP contribution in [-0.2, 0) is 6.42 Å². The Bertz CT molecular complexity index is 690. The van der Waals surface area contributed by atoms with E-state index in [2.05, 4.69) is 9.97 Å². The number of hydrogen-bond donors (Lipinski definition) is 1. The number of fused-ring (bicyclic) bond motifs is 1. The maximum Gasteiger partial charge on any atom is 0.143 e. The van der Waals surface area contributed by atoms with E-state index in [-0.39, 0.29) is 5.82 Å². The third-order valence-corrected chi connectivity index (χ3v) is 4.43. The van der Waals surface area contributed by atoms with Crippen molar-refractivity contribution in [2.24, 2.45) is 5.73 Å². The highest BCUT2D eigenvalue weighted by Gasteiger charge is 2.10. The largest absolute Gasteiger partial charge is 0.330 e. The third-order valence-electron chi connectivity index (χ3n) is 2.48. The van der Waals surface area contributed by atoms with E-state index in [1.165, 1.54) is 23.5 Å². The molecule has 2 aromatic heterocycles. The molecule has 0 saturated carbocycles. The van der Waals surface area contributed by atoms with Gasteiger partial charge in [0.1, 0.15) is 16.5 Å². The Morgan fingerprint density at radius 3 is 3.00 bits per heavy atom. The number of benzene rings is 1. The van der Waals surface area contributed by atoms with E-state index >= 15 is 0 Å². The first-order valence-corrected chi connectivity index (χ1v) is 7.17. The van der Waals surface area contributed by atoms with Gasteiger partial charge in [-0.2, -0.15) is 0 Å². The smallest absolute Gasteiger partial charge is 0.143 e. The summed E-state index contributed by atoms with van der Waals surface area (Å²) < 4.78 is 13.9. The van der Waals surface area contributed by atoms with Crippen molar-refractivity contribution in [2.45, 2.75) is 6.42 Å². The number of nitrogens with zero attached hydrogens (tertiary/aromatic N) is 2. The summed E-state index contributed by atoms with van der Waals surface area (Å²) in [6, 6.07) is 4.62. The Balaban J connectivity index is 2.02. The van der Waals surface area contributed by atoms with Gasteiger partial charge in [-0.3, -0.25) is 0 Å². The summed E-state index contributed by atoms with van der Waals surface area (Å²) in [6.45, 7) is 0.595. The van der Waals surface area contributed by atoms with E-state index in [9.17, 15) is 4.39 Å². The third kappa shape index (κ3) is 2.14. The molecule has 0 unspecified atom stereocenters. The van der Waals surface area contributed by atoms with Gasteiger partial charge in [0.15, 0.2) is 0 Å². The number of rotatable bonds is 3. The molecular weight excluding hydrogens is 269 g/mol. The molecule has 3 rings (SSSR count). The van der Waals surface area contributed by atoms with Crippen LogP contribution in [0.4, 0.5) is 4.39 Å². The summed E-state index contributed by atoms with van der Waals surface area (Å²) in [5.41, 5.74) is 7.16. The predicted molar refractivity (Wildman–Crippen MR) is 73.4 cm³/mol. The molecule has 6 heteroatoms. The van der Waals surface area contributed by atoms with Crippen molar-refractivity contribution in [2.75, 3.05) is 6.54 Å². The summed E-state index contributed by atoms with van der Waals surface area (Å²) in [6.07, 6.45) is 0.782. The van der Waals surface area contributed by atoms with Gasteiger partial charge in [0.2, 0.25) is 0 Å². The van der Waals surface area contributed by atoms with Crippen molar-refractivity contribution in [1.29, 1.82) is 0 Å². The first-order chi connectivity index (χ1) is 8.76. The predicted octanol–water partition coefficient (Wildman–Crippen LogP) is 3.06. The van der Waals surface area contributed by atoms with Crippen molar-refractivity contribution in [1.82, 2.24) is 9.97 Å². The first-order valence-electron chi connectivity index (χ1n) is 5.47. The zero-order valence-electron chi connectivity index (χ0n) is 9.39. The fourth-order valence-corrected chi connectivity index (χ4v) is 3.48.